The highest BCUT2D eigenvalue weighted by molar-refractivity contribution is 5.03. The number of hydrazine groups is 1. The van der Waals surface area contributed by atoms with E-state index in [4.69, 9.17) is 5.84 Å². The van der Waals surface area contributed by atoms with Crippen LogP contribution >= 0.6 is 0 Å². The zero-order valence-corrected chi connectivity index (χ0v) is 5.93. The van der Waals surface area contributed by atoms with Crippen LogP contribution in [-0.4, -0.2) is 18.1 Å². The van der Waals surface area contributed by atoms with E-state index in [1.807, 2.05) is 5.01 Å². The third-order valence-electron chi connectivity index (χ3n) is 2.96. The molecule has 2 N–H and O–H groups in total. The van der Waals surface area contributed by atoms with Crippen LogP contribution < -0.4 is 5.84 Å². The lowest BCUT2D eigenvalue weighted by Crippen LogP contribution is -2.28. The van der Waals surface area contributed by atoms with Gasteiger partial charge in [-0.1, -0.05) is 6.92 Å². The lowest BCUT2D eigenvalue weighted by atomic mass is 9.95. The average Bonchev–Trinajstić information content (AvgIpc) is 2.42. The topological polar surface area (TPSA) is 29.3 Å². The van der Waals surface area contributed by atoms with Gasteiger partial charge in [-0.2, -0.15) is 0 Å². The maximum Gasteiger partial charge on any atom is 0.0188 e. The van der Waals surface area contributed by atoms with Gasteiger partial charge in [-0.05, 0) is 24.2 Å². The monoisotopic (exact) mass is 126 g/mol. The van der Waals surface area contributed by atoms with Crippen molar-refractivity contribution in [2.75, 3.05) is 13.1 Å². The third kappa shape index (κ3) is 0.700. The molecule has 0 aromatic rings. The molecule has 0 bridgehead atoms. The summed E-state index contributed by atoms with van der Waals surface area (Å²) in [7, 11) is 0. The SMILES string of the molecule is C[C@H]1CN(N)CC12CC2. The lowest BCUT2D eigenvalue weighted by Gasteiger charge is -2.08. The summed E-state index contributed by atoms with van der Waals surface area (Å²) in [5.41, 5.74) is 0.675. The minimum Gasteiger partial charge on any atom is -0.269 e. The summed E-state index contributed by atoms with van der Waals surface area (Å²) >= 11 is 0. The first-order valence-electron chi connectivity index (χ1n) is 3.73. The Morgan fingerprint density at radius 3 is 2.44 bits per heavy atom. The van der Waals surface area contributed by atoms with Crippen LogP contribution in [0.1, 0.15) is 19.8 Å². The molecule has 1 spiro atoms. The molecule has 0 radical (unpaired) electrons. The number of nitrogens with zero attached hydrogens (tertiary/aromatic N) is 1. The summed E-state index contributed by atoms with van der Waals surface area (Å²) in [6.45, 7) is 4.58. The molecule has 1 atom stereocenters. The number of hydrogen-bond acceptors (Lipinski definition) is 2. The van der Waals surface area contributed by atoms with Crippen LogP contribution in [0.15, 0.2) is 0 Å². The largest absolute Gasteiger partial charge is 0.269 e. The van der Waals surface area contributed by atoms with E-state index in [9.17, 15) is 0 Å². The zero-order chi connectivity index (χ0) is 6.48. The van der Waals surface area contributed by atoms with Gasteiger partial charge in [-0.3, -0.25) is 5.84 Å². The van der Waals surface area contributed by atoms with Crippen LogP contribution in [0.2, 0.25) is 0 Å². The molecule has 2 fully saturated rings. The Morgan fingerprint density at radius 2 is 2.22 bits per heavy atom. The normalized spacial score (nSPS) is 40.0. The molecule has 1 heterocycles. The smallest absolute Gasteiger partial charge is 0.0188 e. The van der Waals surface area contributed by atoms with Gasteiger partial charge in [-0.25, -0.2) is 5.01 Å². The Balaban J connectivity index is 2.10. The second-order valence-corrected chi connectivity index (χ2v) is 3.69. The van der Waals surface area contributed by atoms with Crippen LogP contribution in [-0.2, 0) is 0 Å². The summed E-state index contributed by atoms with van der Waals surface area (Å²) in [5.74, 6) is 6.52. The van der Waals surface area contributed by atoms with Crippen molar-refractivity contribution in [2.24, 2.45) is 17.2 Å². The van der Waals surface area contributed by atoms with E-state index in [1.165, 1.54) is 12.8 Å². The Hall–Kier alpha value is -0.0800. The molecule has 1 saturated carbocycles. The highest BCUT2D eigenvalue weighted by Crippen LogP contribution is 2.55. The first kappa shape index (κ1) is 5.69. The van der Waals surface area contributed by atoms with Gasteiger partial charge in [0.25, 0.3) is 0 Å². The molecule has 0 aromatic heterocycles. The summed E-state index contributed by atoms with van der Waals surface area (Å²) in [6.07, 6.45) is 2.84. The van der Waals surface area contributed by atoms with Gasteiger partial charge in [0, 0.05) is 13.1 Å². The average molecular weight is 126 g/mol. The number of hydrogen-bond donors (Lipinski definition) is 1. The minimum atomic E-state index is 0.675. The van der Waals surface area contributed by atoms with E-state index in [1.54, 1.807) is 0 Å². The van der Waals surface area contributed by atoms with Gasteiger partial charge in [0.1, 0.15) is 0 Å². The van der Waals surface area contributed by atoms with Gasteiger partial charge < -0.3 is 0 Å². The lowest BCUT2D eigenvalue weighted by molar-refractivity contribution is 0.333. The molecule has 2 aliphatic rings. The molecule has 0 unspecified atom stereocenters. The first-order valence-corrected chi connectivity index (χ1v) is 3.73. The van der Waals surface area contributed by atoms with E-state index in [0.29, 0.717) is 5.41 Å². The predicted molar refractivity (Wildman–Crippen MR) is 36.6 cm³/mol. The van der Waals surface area contributed by atoms with Crippen LogP contribution in [0.5, 0.6) is 0 Å². The Kier molecular flexibility index (Phi) is 0.945. The molecule has 1 saturated heterocycles. The van der Waals surface area contributed by atoms with Gasteiger partial charge in [0.15, 0.2) is 0 Å². The van der Waals surface area contributed by atoms with E-state index < -0.39 is 0 Å². The predicted octanol–water partition coefficient (Wildman–Crippen LogP) is 0.592. The van der Waals surface area contributed by atoms with Crippen molar-refractivity contribution in [3.63, 3.8) is 0 Å². The van der Waals surface area contributed by atoms with Crippen molar-refractivity contribution in [3.8, 4) is 0 Å². The van der Waals surface area contributed by atoms with E-state index in [2.05, 4.69) is 6.92 Å². The Morgan fingerprint density at radius 1 is 1.56 bits per heavy atom. The summed E-state index contributed by atoms with van der Waals surface area (Å²) < 4.78 is 0. The molecule has 2 rings (SSSR count). The van der Waals surface area contributed by atoms with Crippen LogP contribution in [0.3, 0.4) is 0 Å². The third-order valence-corrected chi connectivity index (χ3v) is 2.96. The zero-order valence-electron chi connectivity index (χ0n) is 5.93. The quantitative estimate of drug-likeness (QED) is 0.481. The highest BCUT2D eigenvalue weighted by atomic mass is 15.4. The highest BCUT2D eigenvalue weighted by Gasteiger charge is 2.52. The fourth-order valence-electron chi connectivity index (χ4n) is 1.98. The molecular formula is C7H14N2. The van der Waals surface area contributed by atoms with Crippen molar-refractivity contribution in [1.29, 1.82) is 0 Å². The molecule has 2 heteroatoms. The molecule has 0 aromatic carbocycles. The van der Waals surface area contributed by atoms with Gasteiger partial charge >= 0.3 is 0 Å². The molecule has 1 aliphatic carbocycles. The molecular weight excluding hydrogens is 112 g/mol. The van der Waals surface area contributed by atoms with Crippen LogP contribution in [0.4, 0.5) is 0 Å². The molecule has 0 amide bonds. The van der Waals surface area contributed by atoms with Crippen molar-refractivity contribution in [2.45, 2.75) is 19.8 Å². The summed E-state index contributed by atoms with van der Waals surface area (Å²) in [5, 5.41) is 1.97. The van der Waals surface area contributed by atoms with E-state index >= 15 is 0 Å². The van der Waals surface area contributed by atoms with Crippen molar-refractivity contribution < 1.29 is 0 Å². The maximum atomic E-state index is 5.67. The fourth-order valence-corrected chi connectivity index (χ4v) is 1.98. The van der Waals surface area contributed by atoms with E-state index in [-0.39, 0.29) is 0 Å². The van der Waals surface area contributed by atoms with Gasteiger partial charge in [0.2, 0.25) is 0 Å². The molecule has 9 heavy (non-hydrogen) atoms. The summed E-state index contributed by atoms with van der Waals surface area (Å²) in [6, 6.07) is 0. The maximum absolute atomic E-state index is 5.67. The summed E-state index contributed by atoms with van der Waals surface area (Å²) in [4.78, 5) is 0. The Labute approximate surface area is 56.0 Å². The van der Waals surface area contributed by atoms with E-state index in [0.717, 1.165) is 19.0 Å². The van der Waals surface area contributed by atoms with Crippen molar-refractivity contribution >= 4 is 0 Å². The first-order chi connectivity index (χ1) is 4.23. The van der Waals surface area contributed by atoms with Crippen molar-refractivity contribution in [1.82, 2.24) is 5.01 Å². The molecule has 1 aliphatic heterocycles. The number of rotatable bonds is 0. The van der Waals surface area contributed by atoms with Crippen LogP contribution in [0, 0.1) is 11.3 Å². The van der Waals surface area contributed by atoms with Gasteiger partial charge in [0.05, 0.1) is 0 Å². The molecule has 52 valence electrons. The van der Waals surface area contributed by atoms with Gasteiger partial charge in [-0.15, -0.1) is 0 Å². The minimum absolute atomic E-state index is 0.675. The number of nitrogens with two attached hydrogens (primary N) is 1. The second kappa shape index (κ2) is 1.50. The fraction of sp³-hybridized carbons (Fsp3) is 1.00. The van der Waals surface area contributed by atoms with Crippen molar-refractivity contribution in [3.05, 3.63) is 0 Å². The molecule has 2 nitrogen and oxygen atoms in total. The standard InChI is InChI=1S/C7H14N2/c1-6-4-9(8)5-7(6)2-3-7/h6H,2-5,8H2,1H3/t6-/m0/s1. The Bertz CT molecular complexity index is 129. The van der Waals surface area contributed by atoms with Crippen LogP contribution in [0.25, 0.3) is 0 Å². The second-order valence-electron chi connectivity index (χ2n) is 3.69.